The molecule has 0 bridgehead atoms. The molecule has 128 valence electrons. The predicted molar refractivity (Wildman–Crippen MR) is 108 cm³/mol. The largest absolute Gasteiger partial charge is 0.396 e. The van der Waals surface area contributed by atoms with Gasteiger partial charge in [0.05, 0.1) is 6.61 Å². The van der Waals surface area contributed by atoms with E-state index in [9.17, 15) is 5.11 Å². The minimum atomic E-state index is 0. The second-order valence-corrected chi connectivity index (χ2v) is 5.67. The van der Waals surface area contributed by atoms with Crippen molar-refractivity contribution in [1.29, 1.82) is 0 Å². The maximum Gasteiger partial charge on any atom is 0.191 e. The van der Waals surface area contributed by atoms with E-state index < -0.39 is 0 Å². The first-order valence-electron chi connectivity index (χ1n) is 8.11. The lowest BCUT2D eigenvalue weighted by atomic mass is 10.0. The third-order valence-electron chi connectivity index (χ3n) is 4.10. The molecule has 1 aromatic rings. The zero-order chi connectivity index (χ0) is 15.6. The molecule has 3 N–H and O–H groups in total. The van der Waals surface area contributed by atoms with E-state index in [1.54, 1.807) is 12.6 Å². The first-order valence-corrected chi connectivity index (χ1v) is 8.11. The van der Waals surface area contributed by atoms with Crippen molar-refractivity contribution in [1.82, 2.24) is 10.6 Å². The van der Waals surface area contributed by atoms with Gasteiger partial charge in [0.1, 0.15) is 0 Å². The smallest absolute Gasteiger partial charge is 0.191 e. The van der Waals surface area contributed by atoms with Crippen molar-refractivity contribution >= 4 is 29.9 Å². The quantitative estimate of drug-likeness (QED) is 0.270. The highest BCUT2D eigenvalue weighted by atomic mass is 127. The highest BCUT2D eigenvalue weighted by molar-refractivity contribution is 14.0. The molecule has 1 aliphatic carbocycles. The summed E-state index contributed by atoms with van der Waals surface area (Å²) in [7, 11) is 1.78. The Morgan fingerprint density at radius 1 is 1.26 bits per heavy atom. The molecule has 2 rings (SSSR count). The van der Waals surface area contributed by atoms with Crippen molar-refractivity contribution in [2.24, 2.45) is 4.99 Å². The van der Waals surface area contributed by atoms with E-state index in [1.807, 2.05) is 30.3 Å². The molecule has 5 heteroatoms. The Morgan fingerprint density at radius 3 is 2.65 bits per heavy atom. The average Bonchev–Trinajstić information content (AvgIpc) is 3.08. The standard InChI is InChI=1S/C18H27N3O.HI/c1-19-18(20-12-11-15-7-5-6-8-15)21-13-17(14-22)16-9-3-2-4-10-16;/h2-4,7,9-10,17,22H,5-6,8,11-14H2,1H3,(H2,19,20,21);1H. The number of hydrogen-bond donors (Lipinski definition) is 3. The Bertz CT molecular complexity index is 502. The fourth-order valence-corrected chi connectivity index (χ4v) is 2.76. The van der Waals surface area contributed by atoms with E-state index in [0.29, 0.717) is 6.54 Å². The third-order valence-corrected chi connectivity index (χ3v) is 4.10. The zero-order valence-corrected chi connectivity index (χ0v) is 16.1. The molecule has 0 aliphatic heterocycles. The van der Waals surface area contributed by atoms with E-state index in [1.165, 1.54) is 19.3 Å². The predicted octanol–water partition coefficient (Wildman–Crippen LogP) is 3.05. The maximum absolute atomic E-state index is 9.58. The van der Waals surface area contributed by atoms with Crippen LogP contribution in [-0.2, 0) is 0 Å². The molecule has 0 radical (unpaired) electrons. The van der Waals surface area contributed by atoms with Gasteiger partial charge in [0, 0.05) is 26.1 Å². The molecule has 1 unspecified atom stereocenters. The summed E-state index contributed by atoms with van der Waals surface area (Å²) < 4.78 is 0. The summed E-state index contributed by atoms with van der Waals surface area (Å²) in [6.45, 7) is 1.70. The van der Waals surface area contributed by atoms with Crippen LogP contribution in [0.4, 0.5) is 0 Å². The molecule has 0 spiro atoms. The monoisotopic (exact) mass is 429 g/mol. The Balaban J connectivity index is 0.00000264. The van der Waals surface area contributed by atoms with Crippen LogP contribution in [0.2, 0.25) is 0 Å². The van der Waals surface area contributed by atoms with E-state index in [4.69, 9.17) is 0 Å². The topological polar surface area (TPSA) is 56.7 Å². The number of aliphatic imine (C=N–C) groups is 1. The molecule has 23 heavy (non-hydrogen) atoms. The van der Waals surface area contributed by atoms with Crippen LogP contribution in [0.1, 0.15) is 37.2 Å². The Kier molecular flexibility index (Phi) is 9.94. The Hall–Kier alpha value is -1.08. The highest BCUT2D eigenvalue weighted by Gasteiger charge is 2.11. The van der Waals surface area contributed by atoms with Crippen LogP contribution in [0.5, 0.6) is 0 Å². The van der Waals surface area contributed by atoms with Gasteiger partial charge in [-0.05, 0) is 31.2 Å². The normalized spacial score (nSPS) is 15.6. The molecule has 0 fully saturated rings. The van der Waals surface area contributed by atoms with Crippen LogP contribution < -0.4 is 10.6 Å². The van der Waals surface area contributed by atoms with Crippen LogP contribution >= 0.6 is 24.0 Å². The summed E-state index contributed by atoms with van der Waals surface area (Å²) in [6, 6.07) is 10.1. The number of aliphatic hydroxyl groups excluding tert-OH is 1. The number of allylic oxidation sites excluding steroid dienone is 1. The molecule has 0 saturated heterocycles. The van der Waals surface area contributed by atoms with Gasteiger partial charge in [0.25, 0.3) is 0 Å². The Labute approximate surface area is 156 Å². The summed E-state index contributed by atoms with van der Waals surface area (Å²) in [5.74, 6) is 0.880. The fraction of sp³-hybridized carbons (Fsp3) is 0.500. The van der Waals surface area contributed by atoms with Gasteiger partial charge < -0.3 is 15.7 Å². The first-order chi connectivity index (χ1) is 10.8. The van der Waals surface area contributed by atoms with Gasteiger partial charge in [0.15, 0.2) is 5.96 Å². The van der Waals surface area contributed by atoms with Crippen molar-refractivity contribution in [3.05, 3.63) is 47.5 Å². The lowest BCUT2D eigenvalue weighted by molar-refractivity contribution is 0.265. The first kappa shape index (κ1) is 20.0. The maximum atomic E-state index is 9.58. The van der Waals surface area contributed by atoms with Crippen molar-refractivity contribution in [2.45, 2.75) is 31.6 Å². The summed E-state index contributed by atoms with van der Waals surface area (Å²) in [5.41, 5.74) is 2.70. The number of nitrogens with one attached hydrogen (secondary N) is 2. The van der Waals surface area contributed by atoms with E-state index in [-0.39, 0.29) is 36.5 Å². The number of aliphatic hydroxyl groups is 1. The molecular formula is C18H28IN3O. The average molecular weight is 429 g/mol. The van der Waals surface area contributed by atoms with Crippen LogP contribution in [0.25, 0.3) is 0 Å². The molecule has 0 amide bonds. The molecule has 0 saturated carbocycles. The lowest BCUT2D eigenvalue weighted by Gasteiger charge is -2.18. The highest BCUT2D eigenvalue weighted by Crippen LogP contribution is 2.19. The van der Waals surface area contributed by atoms with Gasteiger partial charge in [0.2, 0.25) is 0 Å². The number of nitrogens with zero attached hydrogens (tertiary/aromatic N) is 1. The summed E-state index contributed by atoms with van der Waals surface area (Å²) in [6.07, 6.45) is 7.22. The Morgan fingerprint density at radius 2 is 2.04 bits per heavy atom. The molecule has 0 heterocycles. The molecule has 0 aromatic heterocycles. The van der Waals surface area contributed by atoms with Crippen LogP contribution in [0, 0.1) is 0 Å². The van der Waals surface area contributed by atoms with Gasteiger partial charge in [-0.3, -0.25) is 4.99 Å². The number of halogens is 1. The van der Waals surface area contributed by atoms with Crippen LogP contribution in [0.15, 0.2) is 47.0 Å². The molecule has 4 nitrogen and oxygen atoms in total. The van der Waals surface area contributed by atoms with Gasteiger partial charge in [-0.25, -0.2) is 0 Å². The fourth-order valence-electron chi connectivity index (χ4n) is 2.76. The number of hydrogen-bond acceptors (Lipinski definition) is 2. The number of benzene rings is 1. The molecule has 1 aliphatic rings. The van der Waals surface area contributed by atoms with Gasteiger partial charge in [-0.15, -0.1) is 24.0 Å². The van der Waals surface area contributed by atoms with Crippen molar-refractivity contribution in [3.63, 3.8) is 0 Å². The van der Waals surface area contributed by atoms with Gasteiger partial charge in [-0.2, -0.15) is 0 Å². The van der Waals surface area contributed by atoms with E-state index in [2.05, 4.69) is 21.7 Å². The van der Waals surface area contributed by atoms with E-state index in [0.717, 1.165) is 24.5 Å². The van der Waals surface area contributed by atoms with Gasteiger partial charge in [-0.1, -0.05) is 42.0 Å². The van der Waals surface area contributed by atoms with Gasteiger partial charge >= 0.3 is 0 Å². The number of rotatable bonds is 7. The third kappa shape index (κ3) is 6.91. The minimum absolute atomic E-state index is 0. The summed E-state index contributed by atoms with van der Waals surface area (Å²) in [4.78, 5) is 4.25. The van der Waals surface area contributed by atoms with Crippen LogP contribution in [-0.4, -0.2) is 37.8 Å². The minimum Gasteiger partial charge on any atom is -0.396 e. The molecular weight excluding hydrogens is 401 g/mol. The van der Waals surface area contributed by atoms with Crippen molar-refractivity contribution < 1.29 is 5.11 Å². The van der Waals surface area contributed by atoms with E-state index >= 15 is 0 Å². The summed E-state index contributed by atoms with van der Waals surface area (Å²) >= 11 is 0. The SMILES string of the molecule is CN=C(NCCC1=CCCC1)NCC(CO)c1ccccc1.I. The zero-order valence-electron chi connectivity index (χ0n) is 13.8. The van der Waals surface area contributed by atoms with Crippen molar-refractivity contribution in [2.75, 3.05) is 26.7 Å². The summed E-state index contributed by atoms with van der Waals surface area (Å²) in [5, 5.41) is 16.2. The van der Waals surface area contributed by atoms with Crippen LogP contribution in [0.3, 0.4) is 0 Å². The second kappa shape index (κ2) is 11.5. The number of guanidine groups is 1. The molecule has 1 atom stereocenters. The van der Waals surface area contributed by atoms with Crippen molar-refractivity contribution in [3.8, 4) is 0 Å². The second-order valence-electron chi connectivity index (χ2n) is 5.67. The molecule has 1 aromatic carbocycles. The lowest BCUT2D eigenvalue weighted by Crippen LogP contribution is -2.40.